The lowest BCUT2D eigenvalue weighted by Crippen LogP contribution is -2.35. The van der Waals surface area contributed by atoms with E-state index in [9.17, 15) is 5.11 Å². The van der Waals surface area contributed by atoms with Gasteiger partial charge in [0, 0.05) is 13.1 Å². The van der Waals surface area contributed by atoms with E-state index >= 15 is 0 Å². The van der Waals surface area contributed by atoms with E-state index in [1.807, 2.05) is 31.9 Å². The summed E-state index contributed by atoms with van der Waals surface area (Å²) in [6.45, 7) is 6.83. The lowest BCUT2D eigenvalue weighted by atomic mass is 10.2. The summed E-state index contributed by atoms with van der Waals surface area (Å²) < 4.78 is 16.4. The summed E-state index contributed by atoms with van der Waals surface area (Å²) in [7, 11) is 1.91. The lowest BCUT2D eigenvalue weighted by Gasteiger charge is -2.21. The van der Waals surface area contributed by atoms with Crippen LogP contribution in [0.4, 0.5) is 0 Å². The Bertz CT molecular complexity index is 502. The van der Waals surface area contributed by atoms with Gasteiger partial charge in [-0.25, -0.2) is 0 Å². The highest BCUT2D eigenvalue weighted by Crippen LogP contribution is 2.16. The fourth-order valence-electron chi connectivity index (χ4n) is 2.06. The van der Waals surface area contributed by atoms with Crippen LogP contribution in [0.5, 0.6) is 5.75 Å². The smallest absolute Gasteiger partial charge is 0.137 e. The molecule has 6 heteroatoms. The Morgan fingerprint density at radius 3 is 2.67 bits per heavy atom. The second-order valence-electron chi connectivity index (χ2n) is 5.87. The number of benzene rings is 1. The number of hydrogen-bond donors (Lipinski definition) is 1. The van der Waals surface area contributed by atoms with Gasteiger partial charge in [0.25, 0.3) is 0 Å². The van der Waals surface area contributed by atoms with E-state index in [1.54, 1.807) is 18.2 Å². The number of likely N-dealkylation sites (N-methyl/N-ethyl adjacent to an activating group) is 1. The zero-order valence-electron chi connectivity index (χ0n) is 14.8. The van der Waals surface area contributed by atoms with Crippen molar-refractivity contribution in [3.63, 3.8) is 0 Å². The lowest BCUT2D eigenvalue weighted by molar-refractivity contribution is -0.0174. The molecule has 134 valence electrons. The van der Waals surface area contributed by atoms with Gasteiger partial charge in [-0.15, -0.1) is 0 Å². The zero-order valence-corrected chi connectivity index (χ0v) is 14.8. The Morgan fingerprint density at radius 2 is 1.96 bits per heavy atom. The van der Waals surface area contributed by atoms with Crippen LogP contribution in [0.3, 0.4) is 0 Å². The van der Waals surface area contributed by atoms with Crippen LogP contribution in [0.25, 0.3) is 0 Å². The number of hydrogen-bond acceptors (Lipinski definition) is 6. The van der Waals surface area contributed by atoms with Gasteiger partial charge in [-0.05, 0) is 33.0 Å². The van der Waals surface area contributed by atoms with Crippen molar-refractivity contribution in [2.24, 2.45) is 0 Å². The van der Waals surface area contributed by atoms with Crippen LogP contribution in [0, 0.1) is 11.3 Å². The monoisotopic (exact) mass is 336 g/mol. The molecule has 0 amide bonds. The first-order valence-electron chi connectivity index (χ1n) is 8.20. The third-order valence-electron chi connectivity index (χ3n) is 3.25. The average Bonchev–Trinajstić information content (AvgIpc) is 2.54. The molecular formula is C18H28N2O4. The van der Waals surface area contributed by atoms with Crippen molar-refractivity contribution in [3.05, 3.63) is 29.8 Å². The molecule has 0 spiro atoms. The predicted octanol–water partition coefficient (Wildman–Crippen LogP) is 1.67. The fraction of sp³-hybridized carbons (Fsp3) is 0.611. The quantitative estimate of drug-likeness (QED) is 0.585. The zero-order chi connectivity index (χ0) is 17.8. The maximum absolute atomic E-state index is 9.94. The normalized spacial score (nSPS) is 12.4. The number of rotatable bonds is 12. The molecule has 0 saturated heterocycles. The summed E-state index contributed by atoms with van der Waals surface area (Å²) in [6, 6.07) is 9.25. The van der Waals surface area contributed by atoms with Crippen LogP contribution in [-0.4, -0.2) is 68.8 Å². The Kier molecular flexibility index (Phi) is 10.0. The first-order chi connectivity index (χ1) is 11.5. The largest absolute Gasteiger partial charge is 0.491 e. The summed E-state index contributed by atoms with van der Waals surface area (Å²) in [4.78, 5) is 1.97. The van der Waals surface area contributed by atoms with Crippen molar-refractivity contribution in [1.29, 1.82) is 5.26 Å². The number of nitriles is 1. The van der Waals surface area contributed by atoms with Crippen molar-refractivity contribution in [2.75, 3.05) is 46.6 Å². The van der Waals surface area contributed by atoms with Gasteiger partial charge in [0.1, 0.15) is 18.4 Å². The molecule has 0 aromatic heterocycles. The van der Waals surface area contributed by atoms with Gasteiger partial charge in [-0.1, -0.05) is 12.1 Å². The predicted molar refractivity (Wildman–Crippen MR) is 92.1 cm³/mol. The van der Waals surface area contributed by atoms with Crippen molar-refractivity contribution in [3.8, 4) is 11.8 Å². The number of aliphatic hydroxyl groups is 1. The maximum Gasteiger partial charge on any atom is 0.137 e. The average molecular weight is 336 g/mol. The van der Waals surface area contributed by atoms with Crippen LogP contribution in [0.1, 0.15) is 19.4 Å². The molecule has 0 radical (unpaired) electrons. The number of para-hydroxylation sites is 1. The van der Waals surface area contributed by atoms with E-state index in [1.165, 1.54) is 0 Å². The molecule has 0 aliphatic heterocycles. The molecule has 1 aromatic rings. The summed E-state index contributed by atoms with van der Waals surface area (Å²) >= 11 is 0. The molecule has 1 N–H and O–H groups in total. The highest BCUT2D eigenvalue weighted by atomic mass is 16.5. The highest BCUT2D eigenvalue weighted by Gasteiger charge is 2.09. The minimum atomic E-state index is -0.555. The second kappa shape index (κ2) is 11.8. The van der Waals surface area contributed by atoms with Gasteiger partial charge in [-0.3, -0.25) is 0 Å². The maximum atomic E-state index is 9.94. The van der Waals surface area contributed by atoms with Crippen molar-refractivity contribution < 1.29 is 19.3 Å². The van der Waals surface area contributed by atoms with E-state index < -0.39 is 6.10 Å². The first-order valence-corrected chi connectivity index (χ1v) is 8.20. The summed E-state index contributed by atoms with van der Waals surface area (Å²) in [6.07, 6.45) is -0.365. The van der Waals surface area contributed by atoms with E-state index in [-0.39, 0.29) is 12.7 Å². The molecule has 0 heterocycles. The standard InChI is InChI=1S/C18H28N2O4/c1-15(2)23-11-10-22-14-17(21)13-20(3)8-9-24-18-7-5-4-6-16(18)12-19/h4-7,15,17,21H,8-11,13-14H2,1-3H3/t17-/m1/s1. The molecule has 0 saturated carbocycles. The van der Waals surface area contributed by atoms with Gasteiger partial charge >= 0.3 is 0 Å². The van der Waals surface area contributed by atoms with Crippen LogP contribution < -0.4 is 4.74 Å². The molecule has 24 heavy (non-hydrogen) atoms. The van der Waals surface area contributed by atoms with Crippen LogP contribution in [0.15, 0.2) is 24.3 Å². The minimum absolute atomic E-state index is 0.191. The molecule has 1 atom stereocenters. The van der Waals surface area contributed by atoms with E-state index in [0.717, 1.165) is 0 Å². The van der Waals surface area contributed by atoms with Gasteiger partial charge in [-0.2, -0.15) is 5.26 Å². The van der Waals surface area contributed by atoms with Gasteiger partial charge in [0.05, 0.1) is 37.6 Å². The first kappa shape index (κ1) is 20.4. The third kappa shape index (κ3) is 8.85. The van der Waals surface area contributed by atoms with Gasteiger partial charge < -0.3 is 24.2 Å². The topological polar surface area (TPSA) is 74.9 Å². The van der Waals surface area contributed by atoms with E-state index in [0.29, 0.717) is 44.2 Å². The van der Waals surface area contributed by atoms with Crippen molar-refractivity contribution >= 4 is 0 Å². The number of aliphatic hydroxyl groups excluding tert-OH is 1. The molecule has 0 aliphatic carbocycles. The Labute approximate surface area is 144 Å². The molecule has 0 fully saturated rings. The van der Waals surface area contributed by atoms with Crippen LogP contribution in [0.2, 0.25) is 0 Å². The number of ether oxygens (including phenoxy) is 3. The Hall–Kier alpha value is -1.65. The number of nitrogens with zero attached hydrogens (tertiary/aromatic N) is 2. The molecule has 0 bridgehead atoms. The highest BCUT2D eigenvalue weighted by molar-refractivity contribution is 5.42. The van der Waals surface area contributed by atoms with E-state index in [2.05, 4.69) is 6.07 Å². The van der Waals surface area contributed by atoms with Gasteiger partial charge in [0.2, 0.25) is 0 Å². The summed E-state index contributed by atoms with van der Waals surface area (Å²) in [5.41, 5.74) is 0.525. The van der Waals surface area contributed by atoms with Crippen molar-refractivity contribution in [1.82, 2.24) is 4.90 Å². The molecule has 0 aliphatic rings. The summed E-state index contributed by atoms with van der Waals surface area (Å²) in [5, 5.41) is 18.9. The fourth-order valence-corrected chi connectivity index (χ4v) is 2.06. The minimum Gasteiger partial charge on any atom is -0.491 e. The molecule has 0 unspecified atom stereocenters. The van der Waals surface area contributed by atoms with Gasteiger partial charge in [0.15, 0.2) is 0 Å². The summed E-state index contributed by atoms with van der Waals surface area (Å²) in [5.74, 6) is 0.586. The molecular weight excluding hydrogens is 308 g/mol. The SMILES string of the molecule is CC(C)OCCOC[C@H](O)CN(C)CCOc1ccccc1C#N. The molecule has 1 aromatic carbocycles. The van der Waals surface area contributed by atoms with E-state index in [4.69, 9.17) is 19.5 Å². The van der Waals surface area contributed by atoms with Crippen LogP contribution in [-0.2, 0) is 9.47 Å². The Morgan fingerprint density at radius 1 is 1.21 bits per heavy atom. The third-order valence-corrected chi connectivity index (χ3v) is 3.25. The van der Waals surface area contributed by atoms with Crippen molar-refractivity contribution in [2.45, 2.75) is 26.1 Å². The molecule has 6 nitrogen and oxygen atoms in total. The van der Waals surface area contributed by atoms with Crippen LogP contribution >= 0.6 is 0 Å². The molecule has 1 rings (SSSR count). The second-order valence-corrected chi connectivity index (χ2v) is 5.87. The Balaban J connectivity index is 2.15.